The first-order valence-corrected chi connectivity index (χ1v) is 9.56. The van der Waals surface area contributed by atoms with Crippen molar-refractivity contribution in [3.63, 3.8) is 0 Å². The van der Waals surface area contributed by atoms with Gasteiger partial charge in [0.1, 0.15) is 17.3 Å². The van der Waals surface area contributed by atoms with Gasteiger partial charge in [0, 0.05) is 19.2 Å². The monoisotopic (exact) mass is 431 g/mol. The van der Waals surface area contributed by atoms with Crippen molar-refractivity contribution in [2.24, 2.45) is 0 Å². The Morgan fingerprint density at radius 2 is 1.67 bits per heavy atom. The molecule has 0 aliphatic carbocycles. The molecule has 1 amide bonds. The largest absolute Gasteiger partial charge is 0.507 e. The van der Waals surface area contributed by atoms with Crippen LogP contribution in [0.5, 0.6) is 11.5 Å². The first kappa shape index (κ1) is 21.7. The Kier molecular flexibility index (Phi) is 6.64. The van der Waals surface area contributed by atoms with Crippen LogP contribution in [0.1, 0.15) is 17.2 Å². The molecule has 7 nitrogen and oxygen atoms in total. The van der Waals surface area contributed by atoms with E-state index < -0.39 is 17.7 Å². The van der Waals surface area contributed by atoms with Crippen LogP contribution in [0.3, 0.4) is 0 Å². The molecule has 3 rings (SSSR count). The zero-order chi connectivity index (χ0) is 21.8. The summed E-state index contributed by atoms with van der Waals surface area (Å²) >= 11 is 6.27. The van der Waals surface area contributed by atoms with E-state index in [1.165, 1.54) is 25.2 Å². The molecule has 2 aromatic carbocycles. The first-order chi connectivity index (χ1) is 14.4. The highest BCUT2D eigenvalue weighted by Crippen LogP contribution is 2.41. The van der Waals surface area contributed by atoms with Gasteiger partial charge >= 0.3 is 0 Å². The molecule has 0 spiro atoms. The lowest BCUT2D eigenvalue weighted by molar-refractivity contribution is -0.140. The molecule has 0 radical (unpaired) electrons. The highest BCUT2D eigenvalue weighted by Gasteiger charge is 2.46. The second-order valence-corrected chi connectivity index (χ2v) is 7.01. The molecule has 0 aromatic heterocycles. The van der Waals surface area contributed by atoms with Crippen LogP contribution < -0.4 is 9.47 Å². The van der Waals surface area contributed by atoms with Crippen molar-refractivity contribution in [3.05, 3.63) is 64.2 Å². The Morgan fingerprint density at radius 3 is 2.27 bits per heavy atom. The summed E-state index contributed by atoms with van der Waals surface area (Å²) in [5.74, 6) is -0.784. The molecule has 0 bridgehead atoms. The number of nitrogens with zero attached hydrogens (tertiary/aromatic N) is 1. The minimum Gasteiger partial charge on any atom is -0.507 e. The van der Waals surface area contributed by atoms with Gasteiger partial charge in [-0.15, -0.1) is 0 Å². The molecule has 1 fully saturated rings. The second-order valence-electron chi connectivity index (χ2n) is 6.60. The Hall–Kier alpha value is -3.03. The summed E-state index contributed by atoms with van der Waals surface area (Å²) in [6.45, 7) is 0.417. The van der Waals surface area contributed by atoms with Crippen LogP contribution in [0.2, 0.25) is 5.02 Å². The van der Waals surface area contributed by atoms with E-state index in [0.717, 1.165) is 0 Å². The summed E-state index contributed by atoms with van der Waals surface area (Å²) < 4.78 is 15.5. The van der Waals surface area contributed by atoms with E-state index >= 15 is 0 Å². The number of amides is 1. The number of Topliss-reactive ketones (excluding diaryl/α,β-unsaturated/α-hetero) is 1. The predicted molar refractivity (Wildman–Crippen MR) is 112 cm³/mol. The maximum absolute atomic E-state index is 12.9. The lowest BCUT2D eigenvalue weighted by Gasteiger charge is -2.25. The number of benzene rings is 2. The molecule has 1 unspecified atom stereocenters. The van der Waals surface area contributed by atoms with E-state index in [4.69, 9.17) is 25.8 Å². The molecule has 1 saturated heterocycles. The van der Waals surface area contributed by atoms with E-state index in [-0.39, 0.29) is 35.1 Å². The average Bonchev–Trinajstić information content (AvgIpc) is 3.02. The maximum Gasteiger partial charge on any atom is 0.295 e. The molecular formula is C22H22ClNO6. The number of aliphatic hydroxyl groups excluding tert-OH is 1. The summed E-state index contributed by atoms with van der Waals surface area (Å²) in [4.78, 5) is 27.1. The summed E-state index contributed by atoms with van der Waals surface area (Å²) in [5.41, 5.74) is 0.808. The van der Waals surface area contributed by atoms with Crippen molar-refractivity contribution in [3.8, 4) is 11.5 Å². The van der Waals surface area contributed by atoms with Gasteiger partial charge in [0.25, 0.3) is 11.7 Å². The lowest BCUT2D eigenvalue weighted by atomic mass is 9.95. The number of likely N-dealkylation sites (tertiary alicyclic amines) is 1. The van der Waals surface area contributed by atoms with Gasteiger partial charge in [-0.3, -0.25) is 9.59 Å². The molecule has 8 heteroatoms. The van der Waals surface area contributed by atoms with Crippen LogP contribution in [0, 0.1) is 0 Å². The van der Waals surface area contributed by atoms with Gasteiger partial charge < -0.3 is 24.2 Å². The molecule has 1 atom stereocenters. The smallest absolute Gasteiger partial charge is 0.295 e. The fourth-order valence-corrected chi connectivity index (χ4v) is 3.60. The minimum absolute atomic E-state index is 0.0450. The normalized spacial score (nSPS) is 18.0. The molecule has 1 aliphatic rings. The molecule has 158 valence electrons. The number of aliphatic hydroxyl groups is 1. The van der Waals surface area contributed by atoms with Gasteiger partial charge in [-0.25, -0.2) is 0 Å². The van der Waals surface area contributed by atoms with Crippen molar-refractivity contribution in [1.29, 1.82) is 0 Å². The number of halogens is 1. The summed E-state index contributed by atoms with van der Waals surface area (Å²) in [6, 6.07) is 10.9. The molecule has 0 saturated carbocycles. The van der Waals surface area contributed by atoms with Crippen LogP contribution in [-0.4, -0.2) is 56.2 Å². The lowest BCUT2D eigenvalue weighted by Crippen LogP contribution is -2.32. The first-order valence-electron chi connectivity index (χ1n) is 9.18. The van der Waals surface area contributed by atoms with Crippen molar-refractivity contribution in [2.75, 3.05) is 34.5 Å². The van der Waals surface area contributed by atoms with E-state index in [1.54, 1.807) is 43.5 Å². The molecule has 1 heterocycles. The Morgan fingerprint density at radius 1 is 1.03 bits per heavy atom. The SMILES string of the molecule is COCCN1C(=O)C(=O)/C(=C(/O)c2cc(OC)ccc2Cl)C1c1ccc(OC)cc1. The minimum atomic E-state index is -0.798. The summed E-state index contributed by atoms with van der Waals surface area (Å²) in [5, 5.41) is 11.3. The predicted octanol–water partition coefficient (Wildman–Crippen LogP) is 3.43. The summed E-state index contributed by atoms with van der Waals surface area (Å²) in [7, 11) is 4.54. The van der Waals surface area contributed by atoms with E-state index in [0.29, 0.717) is 17.1 Å². The zero-order valence-electron chi connectivity index (χ0n) is 16.8. The standard InChI is InChI=1S/C22H22ClNO6/c1-28-11-10-24-19(13-4-6-14(29-2)7-5-13)18(21(26)22(24)27)20(25)16-12-15(30-3)8-9-17(16)23/h4-9,12,19,25H,10-11H2,1-3H3/b20-18+. The van der Waals surface area contributed by atoms with Crippen LogP contribution in [0.15, 0.2) is 48.0 Å². The number of carbonyl (C=O) groups is 2. The quantitative estimate of drug-likeness (QED) is 0.410. The fourth-order valence-electron chi connectivity index (χ4n) is 3.39. The third-order valence-electron chi connectivity index (χ3n) is 4.94. The zero-order valence-corrected chi connectivity index (χ0v) is 17.6. The summed E-state index contributed by atoms with van der Waals surface area (Å²) in [6.07, 6.45) is 0. The van der Waals surface area contributed by atoms with E-state index in [2.05, 4.69) is 0 Å². The Balaban J connectivity index is 2.19. The van der Waals surface area contributed by atoms with Crippen molar-refractivity contribution in [1.82, 2.24) is 4.90 Å². The van der Waals surface area contributed by atoms with Crippen LogP contribution >= 0.6 is 11.6 Å². The van der Waals surface area contributed by atoms with E-state index in [1.807, 2.05) is 0 Å². The second kappa shape index (κ2) is 9.19. The third kappa shape index (κ3) is 3.99. The van der Waals surface area contributed by atoms with Gasteiger partial charge in [-0.05, 0) is 35.9 Å². The molecule has 2 aromatic rings. The fraction of sp³-hybridized carbons (Fsp3) is 0.273. The number of methoxy groups -OCH3 is 3. The highest BCUT2D eigenvalue weighted by atomic mass is 35.5. The average molecular weight is 432 g/mol. The van der Waals surface area contributed by atoms with Gasteiger partial charge in [0.2, 0.25) is 0 Å². The maximum atomic E-state index is 12.9. The van der Waals surface area contributed by atoms with Crippen LogP contribution in [0.25, 0.3) is 5.76 Å². The van der Waals surface area contributed by atoms with Crippen LogP contribution in [-0.2, 0) is 14.3 Å². The van der Waals surface area contributed by atoms with E-state index in [9.17, 15) is 14.7 Å². The third-order valence-corrected chi connectivity index (χ3v) is 5.27. The van der Waals surface area contributed by atoms with Crippen molar-refractivity contribution < 1.29 is 28.9 Å². The molecule has 1 N–H and O–H groups in total. The van der Waals surface area contributed by atoms with Gasteiger partial charge in [0.05, 0.1) is 37.5 Å². The number of hydrogen-bond donors (Lipinski definition) is 1. The number of carbonyl (C=O) groups excluding carboxylic acids is 2. The Bertz CT molecular complexity index is 986. The van der Waals surface area contributed by atoms with Gasteiger partial charge in [-0.2, -0.15) is 0 Å². The molecule has 1 aliphatic heterocycles. The number of rotatable bonds is 7. The number of hydrogen-bond acceptors (Lipinski definition) is 6. The molecule has 30 heavy (non-hydrogen) atoms. The number of ketones is 1. The van der Waals surface area contributed by atoms with Crippen molar-refractivity contribution >= 4 is 29.1 Å². The molecular weight excluding hydrogens is 410 g/mol. The van der Waals surface area contributed by atoms with Crippen LogP contribution in [0.4, 0.5) is 0 Å². The van der Waals surface area contributed by atoms with Crippen molar-refractivity contribution in [2.45, 2.75) is 6.04 Å². The number of ether oxygens (including phenoxy) is 3. The highest BCUT2D eigenvalue weighted by molar-refractivity contribution is 6.47. The topological polar surface area (TPSA) is 85.3 Å². The Labute approximate surface area is 179 Å². The van der Waals surface area contributed by atoms with Gasteiger partial charge in [0.15, 0.2) is 0 Å². The van der Waals surface area contributed by atoms with Gasteiger partial charge in [-0.1, -0.05) is 23.7 Å².